The van der Waals surface area contributed by atoms with Crippen LogP contribution in [-0.4, -0.2) is 32.0 Å². The van der Waals surface area contributed by atoms with Gasteiger partial charge in [-0.05, 0) is 25.1 Å². The van der Waals surface area contributed by atoms with Gasteiger partial charge in [-0.1, -0.05) is 30.3 Å². The number of ether oxygens (including phenoxy) is 3. The van der Waals surface area contributed by atoms with Crippen LogP contribution in [0.15, 0.2) is 48.5 Å². The molecule has 0 aliphatic carbocycles. The van der Waals surface area contributed by atoms with Crippen LogP contribution in [0, 0.1) is 0 Å². The second kappa shape index (κ2) is 7.35. The lowest BCUT2D eigenvalue weighted by atomic mass is 9.88. The molecule has 124 valence electrons. The average molecular weight is 317 g/mol. The largest absolute Gasteiger partial charge is 0.496 e. The van der Waals surface area contributed by atoms with Crippen LogP contribution in [0.3, 0.4) is 0 Å². The first kappa shape index (κ1) is 17.1. The Morgan fingerprint density at radius 3 is 2.04 bits per heavy atom. The number of rotatable bonds is 7. The molecule has 2 rings (SSSR count). The molecule has 2 aromatic carbocycles. The van der Waals surface area contributed by atoms with E-state index in [0.717, 1.165) is 0 Å². The van der Waals surface area contributed by atoms with E-state index in [-0.39, 0.29) is 6.54 Å². The first-order chi connectivity index (χ1) is 11.1. The number of aliphatic hydroxyl groups is 1. The van der Waals surface area contributed by atoms with Gasteiger partial charge >= 0.3 is 0 Å². The lowest BCUT2D eigenvalue weighted by molar-refractivity contribution is -0.0435. The van der Waals surface area contributed by atoms with Crippen LogP contribution in [0.5, 0.6) is 17.2 Å². The Hall–Kier alpha value is -2.24. The van der Waals surface area contributed by atoms with Gasteiger partial charge in [0.1, 0.15) is 11.9 Å². The van der Waals surface area contributed by atoms with Crippen molar-refractivity contribution in [1.82, 2.24) is 0 Å². The maximum Gasteiger partial charge on any atom is 0.162 e. The molecule has 0 aromatic heterocycles. The van der Waals surface area contributed by atoms with Crippen LogP contribution in [0.1, 0.15) is 12.5 Å². The average Bonchev–Trinajstić information content (AvgIpc) is 2.61. The summed E-state index contributed by atoms with van der Waals surface area (Å²) in [5.41, 5.74) is 5.34. The molecule has 0 saturated heterocycles. The molecule has 3 N–H and O–H groups in total. The van der Waals surface area contributed by atoms with Gasteiger partial charge in [-0.3, -0.25) is 0 Å². The minimum absolute atomic E-state index is 0.0453. The second-order valence-corrected chi connectivity index (χ2v) is 5.31. The molecule has 0 saturated carbocycles. The van der Waals surface area contributed by atoms with Crippen LogP contribution in [0.25, 0.3) is 0 Å². The first-order valence-electron chi connectivity index (χ1n) is 7.40. The Morgan fingerprint density at radius 1 is 0.957 bits per heavy atom. The van der Waals surface area contributed by atoms with E-state index in [9.17, 15) is 5.11 Å². The fourth-order valence-electron chi connectivity index (χ4n) is 2.51. The van der Waals surface area contributed by atoms with Crippen molar-refractivity contribution in [2.24, 2.45) is 5.73 Å². The number of para-hydroxylation sites is 3. The lowest BCUT2D eigenvalue weighted by Crippen LogP contribution is -2.46. The van der Waals surface area contributed by atoms with E-state index < -0.39 is 11.7 Å². The molecule has 5 nitrogen and oxygen atoms in total. The topological polar surface area (TPSA) is 73.9 Å². The van der Waals surface area contributed by atoms with Gasteiger partial charge in [0, 0.05) is 12.1 Å². The lowest BCUT2D eigenvalue weighted by Gasteiger charge is -2.36. The van der Waals surface area contributed by atoms with Gasteiger partial charge < -0.3 is 25.1 Å². The summed E-state index contributed by atoms with van der Waals surface area (Å²) in [6.07, 6.45) is -0.927. The summed E-state index contributed by atoms with van der Waals surface area (Å²) in [5, 5.41) is 10.5. The maximum atomic E-state index is 10.5. The van der Waals surface area contributed by atoms with Crippen LogP contribution in [-0.2, 0) is 5.60 Å². The highest BCUT2D eigenvalue weighted by Crippen LogP contribution is 2.39. The molecule has 23 heavy (non-hydrogen) atoms. The van der Waals surface area contributed by atoms with Gasteiger partial charge in [0.2, 0.25) is 0 Å². The predicted octanol–water partition coefficient (Wildman–Crippen LogP) is 2.32. The molecule has 0 bridgehead atoms. The van der Waals surface area contributed by atoms with Crippen molar-refractivity contribution in [2.75, 3.05) is 20.8 Å². The third-order valence-electron chi connectivity index (χ3n) is 3.89. The van der Waals surface area contributed by atoms with Crippen LogP contribution in [0.2, 0.25) is 0 Å². The number of hydrogen-bond acceptors (Lipinski definition) is 5. The van der Waals surface area contributed by atoms with Gasteiger partial charge in [-0.2, -0.15) is 0 Å². The van der Waals surface area contributed by atoms with Crippen molar-refractivity contribution in [3.05, 3.63) is 54.1 Å². The zero-order valence-electron chi connectivity index (χ0n) is 13.7. The Bertz CT molecular complexity index is 646. The minimum atomic E-state index is -1.09. The molecule has 2 aromatic rings. The zero-order chi connectivity index (χ0) is 16.9. The van der Waals surface area contributed by atoms with Crippen molar-refractivity contribution >= 4 is 0 Å². The molecule has 0 amide bonds. The quantitative estimate of drug-likeness (QED) is 0.820. The number of benzene rings is 2. The van der Waals surface area contributed by atoms with Crippen molar-refractivity contribution in [1.29, 1.82) is 0 Å². The molecule has 2 atom stereocenters. The fraction of sp³-hybridized carbons (Fsp3) is 0.333. The third-order valence-corrected chi connectivity index (χ3v) is 3.89. The monoisotopic (exact) mass is 317 g/mol. The third kappa shape index (κ3) is 3.41. The van der Waals surface area contributed by atoms with Crippen molar-refractivity contribution < 1.29 is 19.3 Å². The maximum absolute atomic E-state index is 10.5. The number of nitrogens with two attached hydrogens (primary N) is 1. The summed E-state index contributed by atoms with van der Waals surface area (Å²) in [5.74, 6) is 1.73. The molecule has 5 heteroatoms. The van der Waals surface area contributed by atoms with E-state index in [1.807, 2.05) is 36.4 Å². The van der Waals surface area contributed by atoms with Gasteiger partial charge in [0.25, 0.3) is 0 Å². The smallest absolute Gasteiger partial charge is 0.162 e. The standard InChI is InChI=1S/C18H23NO4/c1-18(17(20)12-19,13-8-4-5-9-14(13)21-2)23-16-11-7-6-10-15(16)22-3/h4-11,17,20H,12,19H2,1-3H3. The first-order valence-corrected chi connectivity index (χ1v) is 7.40. The number of aliphatic hydroxyl groups excluding tert-OH is 1. The van der Waals surface area contributed by atoms with E-state index >= 15 is 0 Å². The van der Waals surface area contributed by atoms with E-state index in [0.29, 0.717) is 22.8 Å². The number of hydrogen-bond donors (Lipinski definition) is 2. The molecule has 2 unspecified atom stereocenters. The molecule has 0 fully saturated rings. The van der Waals surface area contributed by atoms with Crippen LogP contribution >= 0.6 is 0 Å². The molecular formula is C18H23NO4. The molecular weight excluding hydrogens is 294 g/mol. The second-order valence-electron chi connectivity index (χ2n) is 5.31. The Labute approximate surface area is 136 Å². The van der Waals surface area contributed by atoms with Gasteiger partial charge in [0.15, 0.2) is 17.1 Å². The zero-order valence-corrected chi connectivity index (χ0v) is 13.7. The summed E-state index contributed by atoms with van der Waals surface area (Å²) in [7, 11) is 3.15. The highest BCUT2D eigenvalue weighted by Gasteiger charge is 2.39. The van der Waals surface area contributed by atoms with Crippen molar-refractivity contribution in [3.8, 4) is 17.2 Å². The van der Waals surface area contributed by atoms with Gasteiger partial charge in [0.05, 0.1) is 14.2 Å². The summed E-state index contributed by atoms with van der Waals surface area (Å²) in [4.78, 5) is 0. The van der Waals surface area contributed by atoms with E-state index in [2.05, 4.69) is 0 Å². The highest BCUT2D eigenvalue weighted by molar-refractivity contribution is 5.43. The molecule has 0 radical (unpaired) electrons. The Morgan fingerprint density at radius 2 is 1.48 bits per heavy atom. The van der Waals surface area contributed by atoms with Crippen molar-refractivity contribution in [2.45, 2.75) is 18.6 Å². The summed E-state index contributed by atoms with van der Waals surface area (Å²) in [6.45, 7) is 1.83. The van der Waals surface area contributed by atoms with E-state index in [1.165, 1.54) is 0 Å². The van der Waals surface area contributed by atoms with E-state index in [1.54, 1.807) is 33.3 Å². The normalized spacial score (nSPS) is 14.7. The summed E-state index contributed by atoms with van der Waals surface area (Å²) in [6, 6.07) is 14.7. The molecule has 0 aliphatic heterocycles. The molecule has 0 heterocycles. The highest BCUT2D eigenvalue weighted by atomic mass is 16.5. The Balaban J connectivity index is 2.52. The fourth-order valence-corrected chi connectivity index (χ4v) is 2.51. The number of methoxy groups -OCH3 is 2. The van der Waals surface area contributed by atoms with Crippen LogP contribution < -0.4 is 19.9 Å². The predicted molar refractivity (Wildman–Crippen MR) is 89.0 cm³/mol. The molecule has 0 aliphatic rings. The van der Waals surface area contributed by atoms with Gasteiger partial charge in [-0.15, -0.1) is 0 Å². The van der Waals surface area contributed by atoms with Crippen molar-refractivity contribution in [3.63, 3.8) is 0 Å². The van der Waals surface area contributed by atoms with Crippen LogP contribution in [0.4, 0.5) is 0 Å². The Kier molecular flexibility index (Phi) is 5.47. The summed E-state index contributed by atoms with van der Waals surface area (Å²) >= 11 is 0. The molecule has 0 spiro atoms. The summed E-state index contributed by atoms with van der Waals surface area (Å²) < 4.78 is 16.9. The SMILES string of the molecule is COc1ccccc1OC(C)(c1ccccc1OC)C(O)CN. The van der Waals surface area contributed by atoms with E-state index in [4.69, 9.17) is 19.9 Å². The van der Waals surface area contributed by atoms with Gasteiger partial charge in [-0.25, -0.2) is 0 Å². The minimum Gasteiger partial charge on any atom is -0.496 e.